The van der Waals surface area contributed by atoms with Gasteiger partial charge < -0.3 is 15.6 Å². The number of carboxylic acids is 1. The van der Waals surface area contributed by atoms with Gasteiger partial charge in [-0.3, -0.25) is 0 Å². The Morgan fingerprint density at radius 2 is 1.86 bits per heavy atom. The molecule has 0 aliphatic rings. The lowest BCUT2D eigenvalue weighted by atomic mass is 10.1. The quantitative estimate of drug-likeness (QED) is 0.835. The topological polar surface area (TPSA) is 72.5 Å². The van der Waals surface area contributed by atoms with Crippen LogP contribution in [0.1, 0.15) is 21.5 Å². The number of hydrogen-bond donors (Lipinski definition) is 2. The molecule has 0 aromatic heterocycles. The van der Waals surface area contributed by atoms with Crippen LogP contribution in [0.5, 0.6) is 11.5 Å². The summed E-state index contributed by atoms with van der Waals surface area (Å²) in [5, 5.41) is 9.73. The van der Waals surface area contributed by atoms with Crippen LogP contribution in [-0.2, 0) is 0 Å². The molecule has 6 heteroatoms. The molecule has 110 valence electrons. The second-order valence-electron chi connectivity index (χ2n) is 4.61. The fraction of sp³-hybridized carbons (Fsp3) is 0.133. The fourth-order valence-corrected chi connectivity index (χ4v) is 2.38. The van der Waals surface area contributed by atoms with Crippen molar-refractivity contribution >= 4 is 23.3 Å². The third-order valence-corrected chi connectivity index (χ3v) is 3.22. The van der Waals surface area contributed by atoms with Crippen molar-refractivity contribution in [3.05, 3.63) is 51.8 Å². The minimum atomic E-state index is -1.36. The molecule has 0 aliphatic heterocycles. The number of ether oxygens (including phenoxy) is 1. The molecule has 0 aliphatic carbocycles. The lowest BCUT2D eigenvalue weighted by molar-refractivity contribution is 0.0695. The molecule has 2 rings (SSSR count). The number of carboxylic acid groups (broad SMARTS) is 1. The van der Waals surface area contributed by atoms with E-state index in [0.717, 1.165) is 17.2 Å². The summed E-state index contributed by atoms with van der Waals surface area (Å²) in [6.07, 6.45) is 0. The smallest absolute Gasteiger partial charge is 0.341 e. The maximum Gasteiger partial charge on any atom is 0.341 e. The Labute approximate surface area is 125 Å². The fourth-order valence-electron chi connectivity index (χ4n) is 2.05. The normalized spacial score (nSPS) is 10.5. The van der Waals surface area contributed by atoms with Gasteiger partial charge in [-0.1, -0.05) is 11.6 Å². The van der Waals surface area contributed by atoms with Crippen molar-refractivity contribution in [2.45, 2.75) is 13.8 Å². The maximum atomic E-state index is 13.4. The molecule has 0 unspecified atom stereocenters. The third-order valence-electron chi connectivity index (χ3n) is 3.01. The molecule has 0 amide bonds. The summed E-state index contributed by atoms with van der Waals surface area (Å²) in [4.78, 5) is 11.3. The number of halogens is 2. The van der Waals surface area contributed by atoms with Crippen molar-refractivity contribution in [3.63, 3.8) is 0 Å². The third kappa shape index (κ3) is 2.92. The van der Waals surface area contributed by atoms with Gasteiger partial charge >= 0.3 is 5.97 Å². The second kappa shape index (κ2) is 5.61. The number of carbonyl (C=O) groups is 1. The highest BCUT2D eigenvalue weighted by Gasteiger charge is 2.20. The van der Waals surface area contributed by atoms with E-state index in [1.165, 1.54) is 6.07 Å². The molecule has 0 fully saturated rings. The standard InChI is InChI=1S/C15H13ClFNO3/c1-7-5-9(16)6-8(2)14(7)21-11-4-3-10(17)13(18)12(11)15(19)20/h3-6H,18H2,1-2H3,(H,19,20). The molecule has 0 radical (unpaired) electrons. The number of benzene rings is 2. The van der Waals surface area contributed by atoms with Crippen LogP contribution >= 0.6 is 11.6 Å². The van der Waals surface area contributed by atoms with Crippen molar-refractivity contribution in [3.8, 4) is 11.5 Å². The molecule has 2 aromatic rings. The molecule has 3 N–H and O–H groups in total. The Morgan fingerprint density at radius 3 is 2.38 bits per heavy atom. The zero-order valence-electron chi connectivity index (χ0n) is 11.4. The van der Waals surface area contributed by atoms with E-state index in [0.29, 0.717) is 10.8 Å². The highest BCUT2D eigenvalue weighted by molar-refractivity contribution is 6.30. The zero-order chi connectivity index (χ0) is 15.7. The Morgan fingerprint density at radius 1 is 1.29 bits per heavy atom. The average Bonchev–Trinajstić information content (AvgIpc) is 2.37. The predicted octanol–water partition coefficient (Wildman–Crippen LogP) is 4.17. The number of aryl methyl sites for hydroxylation is 2. The van der Waals surface area contributed by atoms with Crippen LogP contribution in [-0.4, -0.2) is 11.1 Å². The summed E-state index contributed by atoms with van der Waals surface area (Å²) < 4.78 is 19.0. The van der Waals surface area contributed by atoms with Crippen LogP contribution in [0.2, 0.25) is 5.02 Å². The van der Waals surface area contributed by atoms with Crippen LogP contribution in [0, 0.1) is 19.7 Å². The van der Waals surface area contributed by atoms with Crippen LogP contribution < -0.4 is 10.5 Å². The Bertz CT molecular complexity index is 708. The van der Waals surface area contributed by atoms with Gasteiger partial charge in [0.15, 0.2) is 0 Å². The second-order valence-corrected chi connectivity index (χ2v) is 5.05. The van der Waals surface area contributed by atoms with E-state index in [1.54, 1.807) is 26.0 Å². The van der Waals surface area contributed by atoms with E-state index in [9.17, 15) is 14.3 Å². The van der Waals surface area contributed by atoms with Gasteiger partial charge in [-0.2, -0.15) is 0 Å². The van der Waals surface area contributed by atoms with E-state index in [4.69, 9.17) is 22.1 Å². The Kier molecular flexibility index (Phi) is 4.04. The minimum Gasteiger partial charge on any atom is -0.477 e. The van der Waals surface area contributed by atoms with Gasteiger partial charge in [-0.25, -0.2) is 9.18 Å². The highest BCUT2D eigenvalue weighted by Crippen LogP contribution is 2.35. The predicted molar refractivity (Wildman–Crippen MR) is 78.8 cm³/mol. The average molecular weight is 310 g/mol. The SMILES string of the molecule is Cc1cc(Cl)cc(C)c1Oc1ccc(F)c(N)c1C(=O)O. The lowest BCUT2D eigenvalue weighted by Gasteiger charge is -2.15. The molecule has 0 heterocycles. The van der Waals surface area contributed by atoms with Crippen molar-refractivity contribution in [1.82, 2.24) is 0 Å². The highest BCUT2D eigenvalue weighted by atomic mass is 35.5. The number of rotatable bonds is 3. The van der Waals surface area contributed by atoms with E-state index in [-0.39, 0.29) is 5.75 Å². The number of nitrogen functional groups attached to an aromatic ring is 1. The summed E-state index contributed by atoms with van der Waals surface area (Å²) >= 11 is 5.93. The van der Waals surface area contributed by atoms with Gasteiger partial charge in [-0.05, 0) is 49.2 Å². The molecule has 0 saturated carbocycles. The van der Waals surface area contributed by atoms with Gasteiger partial charge in [-0.15, -0.1) is 0 Å². The number of aromatic carboxylic acids is 1. The molecular weight excluding hydrogens is 297 g/mol. The molecule has 21 heavy (non-hydrogen) atoms. The van der Waals surface area contributed by atoms with Crippen LogP contribution in [0.3, 0.4) is 0 Å². The van der Waals surface area contributed by atoms with Crippen LogP contribution in [0.25, 0.3) is 0 Å². The van der Waals surface area contributed by atoms with Crippen molar-refractivity contribution < 1.29 is 19.0 Å². The van der Waals surface area contributed by atoms with Gasteiger partial charge in [0.05, 0.1) is 5.69 Å². The number of anilines is 1. The van der Waals surface area contributed by atoms with Gasteiger partial charge in [0.25, 0.3) is 0 Å². The van der Waals surface area contributed by atoms with Gasteiger partial charge in [0, 0.05) is 5.02 Å². The van der Waals surface area contributed by atoms with E-state index < -0.39 is 23.0 Å². The molecule has 0 atom stereocenters. The summed E-state index contributed by atoms with van der Waals surface area (Å²) in [6.45, 7) is 3.56. The number of nitrogens with two attached hydrogens (primary N) is 1. The zero-order valence-corrected chi connectivity index (χ0v) is 12.2. The van der Waals surface area contributed by atoms with Crippen molar-refractivity contribution in [1.29, 1.82) is 0 Å². The van der Waals surface area contributed by atoms with Crippen molar-refractivity contribution in [2.24, 2.45) is 0 Å². The molecule has 0 bridgehead atoms. The van der Waals surface area contributed by atoms with E-state index in [1.807, 2.05) is 0 Å². The monoisotopic (exact) mass is 309 g/mol. The molecular formula is C15H13ClFNO3. The Hall–Kier alpha value is -2.27. The van der Waals surface area contributed by atoms with Gasteiger partial charge in [0.1, 0.15) is 22.9 Å². The summed E-state index contributed by atoms with van der Waals surface area (Å²) in [6, 6.07) is 5.69. The first-order chi connectivity index (χ1) is 9.81. The summed E-state index contributed by atoms with van der Waals surface area (Å²) in [5.74, 6) is -1.71. The summed E-state index contributed by atoms with van der Waals surface area (Å²) in [5.41, 5.74) is 6.10. The van der Waals surface area contributed by atoms with Crippen LogP contribution in [0.15, 0.2) is 24.3 Å². The van der Waals surface area contributed by atoms with E-state index in [2.05, 4.69) is 0 Å². The number of hydrogen-bond acceptors (Lipinski definition) is 3. The van der Waals surface area contributed by atoms with Crippen molar-refractivity contribution in [2.75, 3.05) is 5.73 Å². The largest absolute Gasteiger partial charge is 0.477 e. The van der Waals surface area contributed by atoms with Gasteiger partial charge in [0.2, 0.25) is 0 Å². The van der Waals surface area contributed by atoms with E-state index >= 15 is 0 Å². The Balaban J connectivity index is 2.55. The maximum absolute atomic E-state index is 13.4. The molecule has 0 saturated heterocycles. The molecule has 4 nitrogen and oxygen atoms in total. The lowest BCUT2D eigenvalue weighted by Crippen LogP contribution is -2.07. The minimum absolute atomic E-state index is 0.0186. The van der Waals surface area contributed by atoms with Crippen LogP contribution in [0.4, 0.5) is 10.1 Å². The molecule has 0 spiro atoms. The first-order valence-corrected chi connectivity index (χ1v) is 6.45. The first-order valence-electron chi connectivity index (χ1n) is 6.07. The summed E-state index contributed by atoms with van der Waals surface area (Å²) in [7, 11) is 0. The molecule has 2 aromatic carbocycles. The first kappa shape index (κ1) is 15.1.